The number of hydrogen-bond acceptors (Lipinski definition) is 6. The lowest BCUT2D eigenvalue weighted by Crippen LogP contribution is -2.33. The number of nitrogens with one attached hydrogen (secondary N) is 1. The number of para-hydroxylation sites is 2. The standard InChI is InChI=1S/C20H27ClN2O5S.ClH/c1-4-27-16-7-5-6-8-17(16)28-12-11-23-14(2)20(21)15-9-10-18(26-3)19(13-15)29(22,24)25;/h5-10,13-14,20,23H,4,11-12H2,1-3H3,(H2,22,24,25);1H. The molecule has 0 aliphatic carbocycles. The molecule has 3 N–H and O–H groups in total. The largest absolute Gasteiger partial charge is 0.495 e. The van der Waals surface area contributed by atoms with Gasteiger partial charge in [-0.1, -0.05) is 18.2 Å². The van der Waals surface area contributed by atoms with Crippen LogP contribution >= 0.6 is 24.0 Å². The molecule has 2 aromatic carbocycles. The summed E-state index contributed by atoms with van der Waals surface area (Å²) in [7, 11) is -2.54. The van der Waals surface area contributed by atoms with E-state index in [9.17, 15) is 8.42 Å². The number of halogens is 2. The third-order valence-corrected chi connectivity index (χ3v) is 5.79. The first kappa shape index (κ1) is 26.3. The van der Waals surface area contributed by atoms with Gasteiger partial charge < -0.3 is 19.5 Å². The molecule has 2 atom stereocenters. The highest BCUT2D eigenvalue weighted by molar-refractivity contribution is 7.89. The van der Waals surface area contributed by atoms with Gasteiger partial charge in [-0.2, -0.15) is 0 Å². The number of sulfonamides is 1. The molecule has 10 heteroatoms. The molecule has 0 radical (unpaired) electrons. The minimum Gasteiger partial charge on any atom is -0.495 e. The number of ether oxygens (including phenoxy) is 3. The molecule has 0 aromatic heterocycles. The van der Waals surface area contributed by atoms with Crippen LogP contribution in [0, 0.1) is 0 Å². The molecule has 0 saturated heterocycles. The molecule has 168 valence electrons. The number of nitrogens with two attached hydrogens (primary N) is 1. The monoisotopic (exact) mass is 478 g/mol. The predicted octanol–water partition coefficient (Wildman–Crippen LogP) is 3.50. The van der Waals surface area contributed by atoms with Gasteiger partial charge in [-0.3, -0.25) is 0 Å². The number of alkyl halides is 1. The Labute approximate surface area is 189 Å². The zero-order chi connectivity index (χ0) is 21.4. The fourth-order valence-electron chi connectivity index (χ4n) is 2.77. The molecule has 0 bridgehead atoms. The van der Waals surface area contributed by atoms with E-state index in [1.807, 2.05) is 38.1 Å². The molecule has 0 fully saturated rings. The first-order valence-corrected chi connectivity index (χ1v) is 11.2. The van der Waals surface area contributed by atoms with Gasteiger partial charge in [-0.15, -0.1) is 24.0 Å². The maximum Gasteiger partial charge on any atom is 0.241 e. The van der Waals surface area contributed by atoms with Crippen molar-refractivity contribution in [2.45, 2.75) is 30.2 Å². The van der Waals surface area contributed by atoms with Gasteiger partial charge in [0.15, 0.2) is 11.5 Å². The van der Waals surface area contributed by atoms with Crippen molar-refractivity contribution in [1.82, 2.24) is 5.32 Å². The molecule has 0 aliphatic heterocycles. The highest BCUT2D eigenvalue weighted by atomic mass is 35.5. The minimum atomic E-state index is -3.92. The summed E-state index contributed by atoms with van der Waals surface area (Å²) in [4.78, 5) is -0.0915. The second-order valence-corrected chi connectivity index (χ2v) is 8.33. The molecule has 0 saturated carbocycles. The number of benzene rings is 2. The Morgan fingerprint density at radius 2 is 1.73 bits per heavy atom. The maximum atomic E-state index is 11.8. The summed E-state index contributed by atoms with van der Waals surface area (Å²) in [6.07, 6.45) is 0. The highest BCUT2D eigenvalue weighted by Crippen LogP contribution is 2.31. The second kappa shape index (κ2) is 12.2. The fraction of sp³-hybridized carbons (Fsp3) is 0.400. The summed E-state index contributed by atoms with van der Waals surface area (Å²) in [5, 5.41) is 8.08. The van der Waals surface area contributed by atoms with Gasteiger partial charge in [-0.05, 0) is 43.7 Å². The van der Waals surface area contributed by atoms with E-state index < -0.39 is 15.4 Å². The van der Waals surface area contributed by atoms with Gasteiger partial charge in [-0.25, -0.2) is 13.6 Å². The third kappa shape index (κ3) is 7.21. The van der Waals surface area contributed by atoms with Crippen molar-refractivity contribution in [3.8, 4) is 17.2 Å². The van der Waals surface area contributed by atoms with E-state index >= 15 is 0 Å². The Bertz CT molecular complexity index is 912. The van der Waals surface area contributed by atoms with E-state index in [-0.39, 0.29) is 29.1 Å². The fourth-order valence-corrected chi connectivity index (χ4v) is 3.73. The summed E-state index contributed by atoms with van der Waals surface area (Å²) < 4.78 is 40.0. The Kier molecular flexibility index (Phi) is 10.7. The Hall–Kier alpha value is -1.71. The molecular weight excluding hydrogens is 451 g/mol. The van der Waals surface area contributed by atoms with E-state index in [1.165, 1.54) is 13.2 Å². The predicted molar refractivity (Wildman–Crippen MR) is 121 cm³/mol. The van der Waals surface area contributed by atoms with Gasteiger partial charge in [0.2, 0.25) is 10.0 Å². The van der Waals surface area contributed by atoms with Crippen molar-refractivity contribution < 1.29 is 22.6 Å². The van der Waals surface area contributed by atoms with Crippen LogP contribution in [0.4, 0.5) is 0 Å². The van der Waals surface area contributed by atoms with Gasteiger partial charge in [0.25, 0.3) is 0 Å². The van der Waals surface area contributed by atoms with E-state index in [0.717, 1.165) is 0 Å². The third-order valence-electron chi connectivity index (χ3n) is 4.23. The topological polar surface area (TPSA) is 99.9 Å². The molecule has 0 aliphatic rings. The Morgan fingerprint density at radius 1 is 1.10 bits per heavy atom. The van der Waals surface area contributed by atoms with Crippen LogP contribution in [-0.4, -0.2) is 41.3 Å². The van der Waals surface area contributed by atoms with E-state index in [0.29, 0.717) is 36.8 Å². The minimum absolute atomic E-state index is 0. The molecule has 0 spiro atoms. The Balaban J connectivity index is 0.00000450. The van der Waals surface area contributed by atoms with Crippen LogP contribution in [0.2, 0.25) is 0 Å². The molecule has 2 rings (SSSR count). The van der Waals surface area contributed by atoms with Crippen molar-refractivity contribution >= 4 is 34.0 Å². The van der Waals surface area contributed by atoms with Gasteiger partial charge in [0.1, 0.15) is 17.3 Å². The van der Waals surface area contributed by atoms with E-state index in [4.69, 9.17) is 31.0 Å². The summed E-state index contributed by atoms with van der Waals surface area (Å²) in [5.41, 5.74) is 0.624. The van der Waals surface area contributed by atoms with E-state index in [1.54, 1.807) is 12.1 Å². The van der Waals surface area contributed by atoms with Crippen LogP contribution in [0.1, 0.15) is 24.8 Å². The van der Waals surface area contributed by atoms with Crippen LogP contribution in [-0.2, 0) is 10.0 Å². The normalized spacial score (nSPS) is 13.1. The van der Waals surface area contributed by atoms with Crippen LogP contribution in [0.15, 0.2) is 47.4 Å². The lowest BCUT2D eigenvalue weighted by Gasteiger charge is -2.21. The van der Waals surface area contributed by atoms with E-state index in [2.05, 4.69) is 5.32 Å². The van der Waals surface area contributed by atoms with Crippen LogP contribution < -0.4 is 24.7 Å². The first-order valence-electron chi connectivity index (χ1n) is 9.20. The number of methoxy groups -OCH3 is 1. The summed E-state index contributed by atoms with van der Waals surface area (Å²) in [6.45, 7) is 5.35. The highest BCUT2D eigenvalue weighted by Gasteiger charge is 2.21. The summed E-state index contributed by atoms with van der Waals surface area (Å²) in [5.74, 6) is 1.56. The molecule has 30 heavy (non-hydrogen) atoms. The lowest BCUT2D eigenvalue weighted by molar-refractivity contribution is 0.272. The van der Waals surface area contributed by atoms with Crippen LogP contribution in [0.3, 0.4) is 0 Å². The number of hydrogen-bond donors (Lipinski definition) is 2. The van der Waals surface area contributed by atoms with Gasteiger partial charge in [0.05, 0.1) is 19.1 Å². The van der Waals surface area contributed by atoms with Crippen LogP contribution in [0.25, 0.3) is 0 Å². The van der Waals surface area contributed by atoms with Gasteiger partial charge in [0, 0.05) is 12.6 Å². The smallest absolute Gasteiger partial charge is 0.241 e. The first-order chi connectivity index (χ1) is 13.8. The van der Waals surface area contributed by atoms with Crippen LogP contribution in [0.5, 0.6) is 17.2 Å². The maximum absolute atomic E-state index is 11.8. The molecule has 0 amide bonds. The van der Waals surface area contributed by atoms with Crippen molar-refractivity contribution in [2.24, 2.45) is 5.14 Å². The SMILES string of the molecule is CCOc1ccccc1OCCNC(C)C(Cl)c1ccc(OC)c(S(N)(=O)=O)c1.Cl. The summed E-state index contributed by atoms with van der Waals surface area (Å²) >= 11 is 6.54. The Morgan fingerprint density at radius 3 is 2.30 bits per heavy atom. The van der Waals surface area contributed by atoms with Gasteiger partial charge >= 0.3 is 0 Å². The molecular formula is C20H28Cl2N2O5S. The van der Waals surface area contributed by atoms with Crippen molar-refractivity contribution in [2.75, 3.05) is 26.9 Å². The zero-order valence-corrected chi connectivity index (χ0v) is 19.5. The molecule has 2 aromatic rings. The average molecular weight is 479 g/mol. The second-order valence-electron chi connectivity index (χ2n) is 6.33. The number of rotatable bonds is 11. The molecule has 7 nitrogen and oxygen atoms in total. The average Bonchev–Trinajstić information content (AvgIpc) is 2.70. The van der Waals surface area contributed by atoms with Crippen molar-refractivity contribution in [3.05, 3.63) is 48.0 Å². The van der Waals surface area contributed by atoms with Crippen molar-refractivity contribution in [1.29, 1.82) is 0 Å². The lowest BCUT2D eigenvalue weighted by atomic mass is 10.1. The molecule has 2 unspecified atom stereocenters. The zero-order valence-electron chi connectivity index (χ0n) is 17.1. The summed E-state index contributed by atoms with van der Waals surface area (Å²) in [6, 6.07) is 12.0. The van der Waals surface area contributed by atoms with Crippen molar-refractivity contribution in [3.63, 3.8) is 0 Å². The quantitative estimate of drug-likeness (QED) is 0.378. The number of primary sulfonamides is 1. The molecule has 0 heterocycles.